The second-order valence-electron chi connectivity index (χ2n) is 4.30. The highest BCUT2D eigenvalue weighted by molar-refractivity contribution is 5.77. The number of piperazine rings is 1. The van der Waals surface area contributed by atoms with Crippen LogP contribution in [-0.4, -0.2) is 53.6 Å². The fraction of sp³-hybridized carbons (Fsp3) is 0.462. The maximum Gasteiger partial charge on any atom is 0.248 e. The van der Waals surface area contributed by atoms with Crippen LogP contribution in [0.2, 0.25) is 0 Å². The highest BCUT2D eigenvalue weighted by Crippen LogP contribution is 2.08. The number of nitrogens with zero attached hydrogens (tertiary/aromatic N) is 2. The average molecular weight is 234 g/mol. The number of hydrogen-bond donors (Lipinski definition) is 1. The lowest BCUT2D eigenvalue weighted by molar-refractivity contribution is -0.135. The van der Waals surface area contributed by atoms with Crippen molar-refractivity contribution in [3.8, 4) is 0 Å². The fourth-order valence-electron chi connectivity index (χ4n) is 2.10. The number of carbonyl (C=O) groups excluding carboxylic acids is 1. The van der Waals surface area contributed by atoms with Gasteiger partial charge >= 0.3 is 0 Å². The van der Waals surface area contributed by atoms with Crippen molar-refractivity contribution in [3.63, 3.8) is 0 Å². The Bertz CT molecular complexity index is 359. The van der Waals surface area contributed by atoms with Crippen LogP contribution in [0.5, 0.6) is 0 Å². The van der Waals surface area contributed by atoms with Crippen molar-refractivity contribution in [1.82, 2.24) is 9.80 Å². The van der Waals surface area contributed by atoms with Gasteiger partial charge in [0.2, 0.25) is 5.91 Å². The number of carbonyl (C=O) groups is 1. The molecule has 1 N–H and O–H groups in total. The van der Waals surface area contributed by atoms with Crippen molar-refractivity contribution >= 4 is 5.91 Å². The maximum absolute atomic E-state index is 11.3. The molecule has 1 heterocycles. The molecule has 1 aromatic rings. The molecular formula is C13H18N2O2. The van der Waals surface area contributed by atoms with E-state index >= 15 is 0 Å². The van der Waals surface area contributed by atoms with Crippen LogP contribution in [0.1, 0.15) is 5.56 Å². The van der Waals surface area contributed by atoms with Crippen LogP contribution in [-0.2, 0) is 11.3 Å². The summed E-state index contributed by atoms with van der Waals surface area (Å²) >= 11 is 0. The fourth-order valence-corrected chi connectivity index (χ4v) is 2.10. The second-order valence-corrected chi connectivity index (χ2v) is 4.30. The van der Waals surface area contributed by atoms with Gasteiger partial charge in [0.25, 0.3) is 0 Å². The molecule has 1 aromatic carbocycles. The van der Waals surface area contributed by atoms with Crippen molar-refractivity contribution < 1.29 is 9.90 Å². The van der Waals surface area contributed by atoms with E-state index < -0.39 is 0 Å². The number of aliphatic hydroxyl groups is 1. The third-order valence-electron chi connectivity index (χ3n) is 3.11. The van der Waals surface area contributed by atoms with Crippen LogP contribution in [0.15, 0.2) is 30.3 Å². The van der Waals surface area contributed by atoms with E-state index in [0.29, 0.717) is 13.1 Å². The number of amides is 1. The van der Waals surface area contributed by atoms with E-state index in [1.165, 1.54) is 5.56 Å². The summed E-state index contributed by atoms with van der Waals surface area (Å²) in [6.45, 7) is 3.74. The molecule has 0 bridgehead atoms. The molecule has 0 atom stereocenters. The van der Waals surface area contributed by atoms with Gasteiger partial charge in [-0.3, -0.25) is 9.69 Å². The lowest BCUT2D eigenvalue weighted by Gasteiger charge is -2.34. The van der Waals surface area contributed by atoms with E-state index in [0.717, 1.165) is 19.6 Å². The summed E-state index contributed by atoms with van der Waals surface area (Å²) in [6.07, 6.45) is 0. The molecule has 1 aliphatic heterocycles. The van der Waals surface area contributed by atoms with Crippen LogP contribution in [0.4, 0.5) is 0 Å². The van der Waals surface area contributed by atoms with E-state index in [2.05, 4.69) is 17.0 Å². The first-order valence-electron chi connectivity index (χ1n) is 5.94. The Hall–Kier alpha value is -1.39. The largest absolute Gasteiger partial charge is 0.387 e. The second kappa shape index (κ2) is 5.80. The highest BCUT2D eigenvalue weighted by atomic mass is 16.3. The Morgan fingerprint density at radius 3 is 2.35 bits per heavy atom. The monoisotopic (exact) mass is 234 g/mol. The van der Waals surface area contributed by atoms with E-state index in [9.17, 15) is 4.79 Å². The van der Waals surface area contributed by atoms with Crippen molar-refractivity contribution in [1.29, 1.82) is 0 Å². The Morgan fingerprint density at radius 1 is 1.12 bits per heavy atom. The summed E-state index contributed by atoms with van der Waals surface area (Å²) in [6, 6.07) is 10.3. The minimum atomic E-state index is -0.376. The standard InChI is InChI=1S/C13H18N2O2/c16-11-13(17)15-8-6-14(7-9-15)10-12-4-2-1-3-5-12/h1-5,16H,6-11H2. The average Bonchev–Trinajstić information content (AvgIpc) is 2.40. The Labute approximate surface area is 101 Å². The van der Waals surface area contributed by atoms with E-state index in [1.807, 2.05) is 18.2 Å². The lowest BCUT2D eigenvalue weighted by atomic mass is 10.2. The van der Waals surface area contributed by atoms with E-state index in [-0.39, 0.29) is 12.5 Å². The highest BCUT2D eigenvalue weighted by Gasteiger charge is 2.19. The van der Waals surface area contributed by atoms with Gasteiger partial charge in [0, 0.05) is 32.7 Å². The van der Waals surface area contributed by atoms with Crippen LogP contribution in [0.3, 0.4) is 0 Å². The molecule has 0 spiro atoms. The molecule has 1 amide bonds. The van der Waals surface area contributed by atoms with Crippen molar-refractivity contribution in [3.05, 3.63) is 35.9 Å². The van der Waals surface area contributed by atoms with Crippen LogP contribution in [0.25, 0.3) is 0 Å². The molecular weight excluding hydrogens is 216 g/mol. The molecule has 0 aliphatic carbocycles. The quantitative estimate of drug-likeness (QED) is 0.819. The van der Waals surface area contributed by atoms with E-state index in [4.69, 9.17) is 5.11 Å². The van der Waals surface area contributed by atoms with Crippen LogP contribution >= 0.6 is 0 Å². The van der Waals surface area contributed by atoms with Crippen molar-refractivity contribution in [2.24, 2.45) is 0 Å². The van der Waals surface area contributed by atoms with Gasteiger partial charge in [-0.05, 0) is 5.56 Å². The minimum Gasteiger partial charge on any atom is -0.387 e. The zero-order valence-corrected chi connectivity index (χ0v) is 9.88. The van der Waals surface area contributed by atoms with E-state index in [1.54, 1.807) is 4.90 Å². The molecule has 92 valence electrons. The number of hydrogen-bond acceptors (Lipinski definition) is 3. The van der Waals surface area contributed by atoms with Crippen LogP contribution < -0.4 is 0 Å². The first kappa shape index (κ1) is 12.1. The Balaban J connectivity index is 1.82. The lowest BCUT2D eigenvalue weighted by Crippen LogP contribution is -2.49. The third kappa shape index (κ3) is 3.28. The zero-order valence-electron chi connectivity index (χ0n) is 9.88. The van der Waals surface area contributed by atoms with Gasteiger partial charge in [0.05, 0.1) is 0 Å². The zero-order chi connectivity index (χ0) is 12.1. The summed E-state index contributed by atoms with van der Waals surface area (Å²) in [5, 5.41) is 8.78. The molecule has 4 nitrogen and oxygen atoms in total. The third-order valence-corrected chi connectivity index (χ3v) is 3.11. The van der Waals surface area contributed by atoms with Gasteiger partial charge in [-0.1, -0.05) is 30.3 Å². The SMILES string of the molecule is O=C(CO)N1CCN(Cc2ccccc2)CC1. The summed E-state index contributed by atoms with van der Waals surface area (Å²) in [5.41, 5.74) is 1.30. The number of rotatable bonds is 3. The van der Waals surface area contributed by atoms with Gasteiger partial charge in [0.1, 0.15) is 6.61 Å². The Kier molecular flexibility index (Phi) is 4.12. The van der Waals surface area contributed by atoms with Gasteiger partial charge in [0.15, 0.2) is 0 Å². The summed E-state index contributed by atoms with van der Waals surface area (Å²) in [5.74, 6) is -0.163. The molecule has 17 heavy (non-hydrogen) atoms. The molecule has 1 aliphatic rings. The normalized spacial score (nSPS) is 17.1. The number of benzene rings is 1. The Morgan fingerprint density at radius 2 is 1.76 bits per heavy atom. The molecule has 0 unspecified atom stereocenters. The van der Waals surface area contributed by atoms with Gasteiger partial charge in [-0.2, -0.15) is 0 Å². The summed E-state index contributed by atoms with van der Waals surface area (Å²) in [4.78, 5) is 15.3. The van der Waals surface area contributed by atoms with Crippen molar-refractivity contribution in [2.75, 3.05) is 32.8 Å². The summed E-state index contributed by atoms with van der Waals surface area (Å²) < 4.78 is 0. The molecule has 1 saturated heterocycles. The molecule has 0 saturated carbocycles. The topological polar surface area (TPSA) is 43.8 Å². The molecule has 2 rings (SSSR count). The first-order chi connectivity index (χ1) is 8.29. The minimum absolute atomic E-state index is 0.163. The maximum atomic E-state index is 11.3. The van der Waals surface area contributed by atoms with Crippen LogP contribution in [0, 0.1) is 0 Å². The molecule has 4 heteroatoms. The predicted molar refractivity (Wildman–Crippen MR) is 65.4 cm³/mol. The van der Waals surface area contributed by atoms with Gasteiger partial charge in [-0.25, -0.2) is 0 Å². The molecule has 0 aromatic heterocycles. The molecule has 1 fully saturated rings. The molecule has 0 radical (unpaired) electrons. The van der Waals surface area contributed by atoms with Gasteiger partial charge in [-0.15, -0.1) is 0 Å². The predicted octanol–water partition coefficient (Wildman–Crippen LogP) is 0.323. The smallest absolute Gasteiger partial charge is 0.248 e. The summed E-state index contributed by atoms with van der Waals surface area (Å²) in [7, 11) is 0. The number of aliphatic hydroxyl groups excluding tert-OH is 1. The van der Waals surface area contributed by atoms with Crippen molar-refractivity contribution in [2.45, 2.75) is 6.54 Å². The first-order valence-corrected chi connectivity index (χ1v) is 5.94. The van der Waals surface area contributed by atoms with Gasteiger partial charge < -0.3 is 10.0 Å².